The number of hydrogen-bond donors (Lipinski definition) is 2. The van der Waals surface area contributed by atoms with E-state index in [4.69, 9.17) is 16.3 Å². The van der Waals surface area contributed by atoms with Crippen LogP contribution in [0.15, 0.2) is 18.2 Å². The molecule has 1 aromatic carbocycles. The number of amides is 2. The van der Waals surface area contributed by atoms with Crippen LogP contribution in [-0.4, -0.2) is 41.8 Å². The number of likely N-dealkylation sites (tertiary alicyclic amines) is 1. The fourth-order valence-electron chi connectivity index (χ4n) is 2.54. The lowest BCUT2D eigenvalue weighted by atomic mass is 9.99. The van der Waals surface area contributed by atoms with E-state index in [2.05, 4.69) is 5.32 Å². The number of urea groups is 1. The van der Waals surface area contributed by atoms with Crippen molar-refractivity contribution in [3.8, 4) is 5.75 Å². The summed E-state index contributed by atoms with van der Waals surface area (Å²) in [5, 5.41) is 12.5. The Morgan fingerprint density at radius 3 is 2.95 bits per heavy atom. The molecule has 22 heavy (non-hydrogen) atoms. The van der Waals surface area contributed by atoms with Gasteiger partial charge in [-0.05, 0) is 44.7 Å². The van der Waals surface area contributed by atoms with Gasteiger partial charge in [0, 0.05) is 25.8 Å². The summed E-state index contributed by atoms with van der Waals surface area (Å²) >= 11 is 6.20. The van der Waals surface area contributed by atoms with Crippen molar-refractivity contribution in [2.45, 2.75) is 32.8 Å². The Morgan fingerprint density at radius 1 is 1.55 bits per heavy atom. The molecule has 1 aromatic rings. The van der Waals surface area contributed by atoms with E-state index in [1.165, 1.54) is 0 Å². The van der Waals surface area contributed by atoms with Gasteiger partial charge in [-0.1, -0.05) is 11.6 Å². The molecule has 0 aromatic heterocycles. The number of halogens is 1. The maximum atomic E-state index is 12.3. The second kappa shape index (κ2) is 7.70. The number of rotatable bonds is 4. The van der Waals surface area contributed by atoms with Gasteiger partial charge in [0.25, 0.3) is 0 Å². The molecule has 1 fully saturated rings. The first-order valence-corrected chi connectivity index (χ1v) is 8.00. The number of nitrogens with one attached hydrogen (secondary N) is 1. The number of carbonyl (C=O) groups is 1. The Hall–Kier alpha value is -1.46. The monoisotopic (exact) mass is 326 g/mol. The molecule has 1 unspecified atom stereocenters. The molecule has 6 heteroatoms. The number of carbonyl (C=O) groups excluding carboxylic acids is 1. The lowest BCUT2D eigenvalue weighted by Crippen LogP contribution is -2.43. The van der Waals surface area contributed by atoms with Gasteiger partial charge in [-0.25, -0.2) is 4.79 Å². The van der Waals surface area contributed by atoms with Crippen molar-refractivity contribution in [2.75, 3.05) is 25.0 Å². The summed E-state index contributed by atoms with van der Waals surface area (Å²) < 4.78 is 5.56. The van der Waals surface area contributed by atoms with Crippen molar-refractivity contribution in [3.05, 3.63) is 23.2 Å². The highest BCUT2D eigenvalue weighted by molar-refractivity contribution is 6.33. The zero-order valence-electron chi connectivity index (χ0n) is 13.0. The molecule has 2 N–H and O–H groups in total. The second-order valence-corrected chi connectivity index (χ2v) is 6.28. The molecule has 1 atom stereocenters. The van der Waals surface area contributed by atoms with Gasteiger partial charge in [0.05, 0.1) is 16.8 Å². The van der Waals surface area contributed by atoms with Crippen LogP contribution >= 0.6 is 11.6 Å². The molecule has 2 rings (SSSR count). The first kappa shape index (κ1) is 16.9. The van der Waals surface area contributed by atoms with Gasteiger partial charge >= 0.3 is 6.03 Å². The lowest BCUT2D eigenvalue weighted by molar-refractivity contribution is 0.136. The Labute approximate surface area is 136 Å². The van der Waals surface area contributed by atoms with E-state index < -0.39 is 0 Å². The van der Waals surface area contributed by atoms with Gasteiger partial charge < -0.3 is 20.1 Å². The summed E-state index contributed by atoms with van der Waals surface area (Å²) in [6.45, 7) is 5.28. The maximum absolute atomic E-state index is 12.3. The highest BCUT2D eigenvalue weighted by atomic mass is 35.5. The van der Waals surface area contributed by atoms with Gasteiger partial charge in [-0.2, -0.15) is 0 Å². The SMILES string of the molecule is CC(C)Oc1ccc(NC(=O)N2CCCC(CO)C2)c(Cl)c1. The number of hydrogen-bond acceptors (Lipinski definition) is 3. The van der Waals surface area contributed by atoms with E-state index in [0.717, 1.165) is 12.8 Å². The first-order valence-electron chi connectivity index (χ1n) is 7.62. The van der Waals surface area contributed by atoms with Gasteiger partial charge in [0.15, 0.2) is 0 Å². The summed E-state index contributed by atoms with van der Waals surface area (Å²) in [7, 11) is 0. The Balaban J connectivity index is 1.99. The third kappa shape index (κ3) is 4.52. The molecular weight excluding hydrogens is 304 g/mol. The molecule has 122 valence electrons. The van der Waals surface area contributed by atoms with Crippen LogP contribution in [0.4, 0.5) is 10.5 Å². The summed E-state index contributed by atoms with van der Waals surface area (Å²) in [6, 6.07) is 5.04. The number of anilines is 1. The average molecular weight is 327 g/mol. The normalized spacial score (nSPS) is 18.4. The van der Waals surface area contributed by atoms with Crippen LogP contribution in [0.2, 0.25) is 5.02 Å². The molecule has 1 aliphatic rings. The van der Waals surface area contributed by atoms with E-state index in [-0.39, 0.29) is 24.7 Å². The summed E-state index contributed by atoms with van der Waals surface area (Å²) in [5.74, 6) is 0.841. The van der Waals surface area contributed by atoms with Crippen molar-refractivity contribution >= 4 is 23.3 Å². The lowest BCUT2D eigenvalue weighted by Gasteiger charge is -2.31. The molecule has 0 spiro atoms. The van der Waals surface area contributed by atoms with Crippen molar-refractivity contribution in [3.63, 3.8) is 0 Å². The second-order valence-electron chi connectivity index (χ2n) is 5.88. The minimum Gasteiger partial charge on any atom is -0.491 e. The third-order valence-electron chi connectivity index (χ3n) is 3.62. The van der Waals surface area contributed by atoms with Gasteiger partial charge in [-0.3, -0.25) is 0 Å². The molecule has 5 nitrogen and oxygen atoms in total. The van der Waals surface area contributed by atoms with E-state index in [1.54, 1.807) is 23.1 Å². The Morgan fingerprint density at radius 2 is 2.32 bits per heavy atom. The molecule has 0 radical (unpaired) electrons. The highest BCUT2D eigenvalue weighted by Gasteiger charge is 2.23. The number of ether oxygens (including phenoxy) is 1. The molecule has 0 bridgehead atoms. The minimum absolute atomic E-state index is 0.0697. The number of piperidine rings is 1. The molecule has 0 saturated carbocycles. The fourth-order valence-corrected chi connectivity index (χ4v) is 2.75. The quantitative estimate of drug-likeness (QED) is 0.891. The van der Waals surface area contributed by atoms with Crippen molar-refractivity contribution in [1.29, 1.82) is 0 Å². The van der Waals surface area contributed by atoms with Crippen molar-refractivity contribution < 1.29 is 14.6 Å². The molecule has 0 aliphatic carbocycles. The summed E-state index contributed by atoms with van der Waals surface area (Å²) in [6.07, 6.45) is 1.94. The van der Waals surface area contributed by atoms with Crippen LogP contribution in [0, 0.1) is 5.92 Å². The number of aliphatic hydroxyl groups is 1. The summed E-state index contributed by atoms with van der Waals surface area (Å²) in [4.78, 5) is 14.0. The topological polar surface area (TPSA) is 61.8 Å². The molecule has 1 saturated heterocycles. The van der Waals surface area contributed by atoms with Gasteiger partial charge in [-0.15, -0.1) is 0 Å². The van der Waals surface area contributed by atoms with Crippen LogP contribution in [0.1, 0.15) is 26.7 Å². The molecule has 1 aliphatic heterocycles. The van der Waals surface area contributed by atoms with Crippen LogP contribution in [-0.2, 0) is 0 Å². The average Bonchev–Trinajstić information content (AvgIpc) is 2.49. The van der Waals surface area contributed by atoms with Crippen LogP contribution < -0.4 is 10.1 Å². The molecule has 1 heterocycles. The van der Waals surface area contributed by atoms with Crippen LogP contribution in [0.3, 0.4) is 0 Å². The number of benzene rings is 1. The smallest absolute Gasteiger partial charge is 0.321 e. The van der Waals surface area contributed by atoms with E-state index in [9.17, 15) is 9.90 Å². The zero-order valence-corrected chi connectivity index (χ0v) is 13.8. The summed E-state index contributed by atoms with van der Waals surface area (Å²) in [5.41, 5.74) is 0.564. The van der Waals surface area contributed by atoms with E-state index in [0.29, 0.717) is 29.5 Å². The van der Waals surface area contributed by atoms with Gasteiger partial charge in [0.1, 0.15) is 5.75 Å². The van der Waals surface area contributed by atoms with E-state index >= 15 is 0 Å². The molecule has 2 amide bonds. The predicted molar refractivity (Wildman–Crippen MR) is 87.6 cm³/mol. The number of aliphatic hydroxyl groups excluding tert-OH is 1. The largest absolute Gasteiger partial charge is 0.491 e. The minimum atomic E-state index is -0.183. The zero-order chi connectivity index (χ0) is 16.1. The van der Waals surface area contributed by atoms with Crippen molar-refractivity contribution in [2.24, 2.45) is 5.92 Å². The predicted octanol–water partition coefficient (Wildman–Crippen LogP) is 3.36. The maximum Gasteiger partial charge on any atom is 0.321 e. The first-order chi connectivity index (χ1) is 10.5. The van der Waals surface area contributed by atoms with E-state index in [1.807, 2.05) is 13.8 Å². The number of nitrogens with zero attached hydrogens (tertiary/aromatic N) is 1. The fraction of sp³-hybridized carbons (Fsp3) is 0.562. The third-order valence-corrected chi connectivity index (χ3v) is 3.93. The van der Waals surface area contributed by atoms with Gasteiger partial charge in [0.2, 0.25) is 0 Å². The standard InChI is InChI=1S/C16H23ClN2O3/c1-11(2)22-13-5-6-15(14(17)8-13)18-16(21)19-7-3-4-12(9-19)10-20/h5-6,8,11-12,20H,3-4,7,9-10H2,1-2H3,(H,18,21). The van der Waals surface area contributed by atoms with Crippen LogP contribution in [0.5, 0.6) is 5.75 Å². The highest BCUT2D eigenvalue weighted by Crippen LogP contribution is 2.28. The Bertz CT molecular complexity index is 522. The van der Waals surface area contributed by atoms with Crippen LogP contribution in [0.25, 0.3) is 0 Å². The Kier molecular flexibility index (Phi) is 5.91. The molecular formula is C16H23ClN2O3. The van der Waals surface area contributed by atoms with Crippen molar-refractivity contribution in [1.82, 2.24) is 4.90 Å².